The Morgan fingerprint density at radius 1 is 1.20 bits per heavy atom. The second-order valence-corrected chi connectivity index (χ2v) is 7.10. The molecule has 0 aliphatic carbocycles. The van der Waals surface area contributed by atoms with Crippen LogP contribution in [0.2, 0.25) is 5.02 Å². The first-order valence-corrected chi connectivity index (χ1v) is 8.89. The molecular weight excluding hydrogens is 373 g/mol. The van der Waals surface area contributed by atoms with Gasteiger partial charge in [0.15, 0.2) is 0 Å². The lowest BCUT2D eigenvalue weighted by Crippen LogP contribution is -2.34. The van der Waals surface area contributed by atoms with Crippen LogP contribution in [0.4, 0.5) is 23.7 Å². The van der Waals surface area contributed by atoms with Crippen molar-refractivity contribution < 1.29 is 18.0 Å². The summed E-state index contributed by atoms with van der Waals surface area (Å²) in [5.74, 6) is 0.717. The third-order valence-electron chi connectivity index (χ3n) is 3.75. The van der Waals surface area contributed by atoms with Crippen molar-refractivity contribution in [2.24, 2.45) is 0 Å². The molecule has 2 aromatic carbocycles. The van der Waals surface area contributed by atoms with Gasteiger partial charge in [0.05, 0.1) is 5.56 Å². The molecule has 132 valence electrons. The fourth-order valence-electron chi connectivity index (χ4n) is 2.55. The van der Waals surface area contributed by atoms with Crippen LogP contribution in [0.5, 0.6) is 0 Å². The van der Waals surface area contributed by atoms with Gasteiger partial charge in [0.25, 0.3) is 0 Å². The number of benzene rings is 2. The monoisotopic (exact) mass is 386 g/mol. The number of hydrogen-bond donors (Lipinski definition) is 1. The van der Waals surface area contributed by atoms with Gasteiger partial charge >= 0.3 is 12.2 Å². The second kappa shape index (κ2) is 7.17. The third-order valence-corrected chi connectivity index (χ3v) is 5.25. The number of nitrogens with zero attached hydrogens (tertiary/aromatic N) is 1. The van der Waals surface area contributed by atoms with Gasteiger partial charge in [-0.05, 0) is 35.9 Å². The standard InChI is InChI=1S/C17H14ClF3N2OS/c18-13-2-1-3-14(10-13)22-16(24)23-8-9-25-15(23)11-4-6-12(7-5-11)17(19,20)21/h1-7,10,15H,8-9H2,(H,22,24)/t15-/m1/s1. The Labute approximate surface area is 152 Å². The fourth-order valence-corrected chi connectivity index (χ4v) is 4.00. The van der Waals surface area contributed by atoms with Gasteiger partial charge in [-0.3, -0.25) is 0 Å². The zero-order chi connectivity index (χ0) is 18.0. The Balaban J connectivity index is 1.74. The molecule has 1 aliphatic rings. The molecule has 25 heavy (non-hydrogen) atoms. The van der Waals surface area contributed by atoms with Crippen molar-refractivity contribution in [2.75, 3.05) is 17.6 Å². The van der Waals surface area contributed by atoms with Crippen molar-refractivity contribution in [1.82, 2.24) is 4.90 Å². The summed E-state index contributed by atoms with van der Waals surface area (Å²) in [6, 6.07) is 11.4. The van der Waals surface area contributed by atoms with Crippen molar-refractivity contribution in [3.63, 3.8) is 0 Å². The Morgan fingerprint density at radius 2 is 1.92 bits per heavy atom. The number of urea groups is 1. The molecule has 3 rings (SSSR count). The number of alkyl halides is 3. The maximum atomic E-state index is 12.7. The van der Waals surface area contributed by atoms with Gasteiger partial charge in [-0.25, -0.2) is 4.79 Å². The predicted molar refractivity (Wildman–Crippen MR) is 93.8 cm³/mol. The minimum Gasteiger partial charge on any atom is -0.308 e. The molecule has 1 saturated heterocycles. The third kappa shape index (κ3) is 4.22. The summed E-state index contributed by atoms with van der Waals surface area (Å²) in [6.45, 7) is 0.517. The minimum absolute atomic E-state index is 0.308. The number of carbonyl (C=O) groups is 1. The number of carbonyl (C=O) groups excluding carboxylic acids is 1. The van der Waals surface area contributed by atoms with Crippen molar-refractivity contribution >= 4 is 35.1 Å². The van der Waals surface area contributed by atoms with E-state index >= 15 is 0 Å². The van der Waals surface area contributed by atoms with Crippen LogP contribution < -0.4 is 5.32 Å². The lowest BCUT2D eigenvalue weighted by molar-refractivity contribution is -0.137. The van der Waals surface area contributed by atoms with E-state index in [1.54, 1.807) is 29.2 Å². The summed E-state index contributed by atoms with van der Waals surface area (Å²) in [7, 11) is 0. The number of rotatable bonds is 2. The molecule has 1 heterocycles. The second-order valence-electron chi connectivity index (χ2n) is 5.48. The lowest BCUT2D eigenvalue weighted by atomic mass is 10.1. The molecule has 0 radical (unpaired) electrons. The van der Waals surface area contributed by atoms with E-state index in [2.05, 4.69) is 5.32 Å². The van der Waals surface area contributed by atoms with Gasteiger partial charge in [0, 0.05) is 23.0 Å². The average molecular weight is 387 g/mol. The van der Waals surface area contributed by atoms with E-state index in [-0.39, 0.29) is 11.4 Å². The number of amides is 2. The molecule has 2 amide bonds. The Morgan fingerprint density at radius 3 is 2.56 bits per heavy atom. The first-order chi connectivity index (χ1) is 11.8. The molecule has 1 atom stereocenters. The van der Waals surface area contributed by atoms with Crippen LogP contribution in [-0.4, -0.2) is 23.2 Å². The highest BCUT2D eigenvalue weighted by atomic mass is 35.5. The highest BCUT2D eigenvalue weighted by Gasteiger charge is 2.33. The van der Waals surface area contributed by atoms with Crippen LogP contribution >= 0.6 is 23.4 Å². The minimum atomic E-state index is -4.37. The highest BCUT2D eigenvalue weighted by molar-refractivity contribution is 7.99. The van der Waals surface area contributed by atoms with Crippen LogP contribution in [0, 0.1) is 0 Å². The molecule has 1 N–H and O–H groups in total. The quantitative estimate of drug-likeness (QED) is 0.724. The molecule has 0 aromatic heterocycles. The number of hydrogen-bond acceptors (Lipinski definition) is 2. The zero-order valence-corrected chi connectivity index (χ0v) is 14.5. The molecule has 8 heteroatoms. The van der Waals surface area contributed by atoms with Crippen LogP contribution in [0.3, 0.4) is 0 Å². The summed E-state index contributed by atoms with van der Waals surface area (Å²) in [4.78, 5) is 14.1. The average Bonchev–Trinajstić information content (AvgIpc) is 3.04. The van der Waals surface area contributed by atoms with Crippen molar-refractivity contribution in [3.8, 4) is 0 Å². The Hall–Kier alpha value is -1.86. The molecule has 0 spiro atoms. The van der Waals surface area contributed by atoms with E-state index in [0.717, 1.165) is 12.1 Å². The number of nitrogens with one attached hydrogen (secondary N) is 1. The van der Waals surface area contributed by atoms with Crippen LogP contribution in [-0.2, 0) is 6.18 Å². The number of anilines is 1. The molecule has 2 aromatic rings. The largest absolute Gasteiger partial charge is 0.416 e. The van der Waals surface area contributed by atoms with Crippen molar-refractivity contribution in [1.29, 1.82) is 0 Å². The van der Waals surface area contributed by atoms with Gasteiger partial charge in [-0.15, -0.1) is 11.8 Å². The Kier molecular flexibility index (Phi) is 5.15. The maximum Gasteiger partial charge on any atom is 0.416 e. The van der Waals surface area contributed by atoms with E-state index in [0.29, 0.717) is 28.6 Å². The SMILES string of the molecule is O=C(Nc1cccc(Cl)c1)N1CCS[C@@H]1c1ccc(C(F)(F)F)cc1. The summed E-state index contributed by atoms with van der Waals surface area (Å²) in [6.07, 6.45) is -4.37. The van der Waals surface area contributed by atoms with Crippen LogP contribution in [0.1, 0.15) is 16.5 Å². The molecular formula is C17H14ClF3N2OS. The maximum absolute atomic E-state index is 12.7. The van der Waals surface area contributed by atoms with E-state index < -0.39 is 11.7 Å². The molecule has 0 unspecified atom stereocenters. The summed E-state index contributed by atoms with van der Waals surface area (Å²) >= 11 is 7.42. The Bertz CT molecular complexity index is 767. The van der Waals surface area contributed by atoms with E-state index in [4.69, 9.17) is 11.6 Å². The number of thioether (sulfide) groups is 1. The molecule has 0 saturated carbocycles. The fraction of sp³-hybridized carbons (Fsp3) is 0.235. The first-order valence-electron chi connectivity index (χ1n) is 7.46. The van der Waals surface area contributed by atoms with E-state index in [1.807, 2.05) is 0 Å². The zero-order valence-electron chi connectivity index (χ0n) is 12.9. The highest BCUT2D eigenvalue weighted by Crippen LogP contribution is 2.39. The molecule has 0 bridgehead atoms. The van der Waals surface area contributed by atoms with Crippen LogP contribution in [0.15, 0.2) is 48.5 Å². The molecule has 3 nitrogen and oxygen atoms in total. The summed E-state index contributed by atoms with van der Waals surface area (Å²) in [5.41, 5.74) is 0.534. The first kappa shape index (κ1) is 17.9. The van der Waals surface area contributed by atoms with Gasteiger partial charge in [0.2, 0.25) is 0 Å². The normalized spacial score (nSPS) is 17.6. The summed E-state index contributed by atoms with van der Waals surface area (Å²) < 4.78 is 38.1. The van der Waals surface area contributed by atoms with Crippen molar-refractivity contribution in [3.05, 3.63) is 64.7 Å². The number of halogens is 4. The van der Waals surface area contributed by atoms with E-state index in [9.17, 15) is 18.0 Å². The smallest absolute Gasteiger partial charge is 0.308 e. The topological polar surface area (TPSA) is 32.3 Å². The molecule has 1 fully saturated rings. The van der Waals surface area contributed by atoms with E-state index in [1.165, 1.54) is 23.9 Å². The molecule has 1 aliphatic heterocycles. The van der Waals surface area contributed by atoms with Gasteiger partial charge in [-0.1, -0.05) is 29.8 Å². The van der Waals surface area contributed by atoms with Crippen molar-refractivity contribution in [2.45, 2.75) is 11.6 Å². The van der Waals surface area contributed by atoms with Gasteiger partial charge in [-0.2, -0.15) is 13.2 Å². The lowest BCUT2D eigenvalue weighted by Gasteiger charge is -2.24. The predicted octanol–water partition coefficient (Wildman–Crippen LogP) is 5.64. The van der Waals surface area contributed by atoms with Gasteiger partial charge in [0.1, 0.15) is 5.37 Å². The van der Waals surface area contributed by atoms with Gasteiger partial charge < -0.3 is 10.2 Å². The van der Waals surface area contributed by atoms with Crippen LogP contribution in [0.25, 0.3) is 0 Å². The summed E-state index contributed by atoms with van der Waals surface area (Å²) in [5, 5.41) is 2.96.